The molecule has 1 amide bonds. The summed E-state index contributed by atoms with van der Waals surface area (Å²) in [6, 6.07) is 9.59. The zero-order valence-electron chi connectivity index (χ0n) is 12.2. The number of benzene rings is 1. The van der Waals surface area contributed by atoms with Crippen LogP contribution in [0.1, 0.15) is 25.3 Å². The lowest BCUT2D eigenvalue weighted by molar-refractivity contribution is -0.146. The molecule has 0 aromatic heterocycles. The molecule has 114 valence electrons. The predicted molar refractivity (Wildman–Crippen MR) is 77.6 cm³/mol. The molecule has 0 spiro atoms. The fourth-order valence-electron chi connectivity index (χ4n) is 2.42. The molecule has 0 aliphatic carbocycles. The van der Waals surface area contributed by atoms with Crippen LogP contribution in [0.15, 0.2) is 30.3 Å². The minimum absolute atomic E-state index is 0.107. The van der Waals surface area contributed by atoms with E-state index in [0.29, 0.717) is 19.6 Å². The second kappa shape index (κ2) is 7.22. The van der Waals surface area contributed by atoms with Gasteiger partial charge in [0.25, 0.3) is 5.91 Å². The molecule has 0 saturated carbocycles. The summed E-state index contributed by atoms with van der Waals surface area (Å²) in [5, 5.41) is 9.07. The van der Waals surface area contributed by atoms with Crippen molar-refractivity contribution in [1.29, 1.82) is 0 Å². The zero-order chi connectivity index (χ0) is 15.2. The molecule has 1 aromatic carbocycles. The van der Waals surface area contributed by atoms with Crippen LogP contribution in [0.2, 0.25) is 0 Å². The van der Waals surface area contributed by atoms with Crippen molar-refractivity contribution in [1.82, 2.24) is 4.90 Å². The van der Waals surface area contributed by atoms with Gasteiger partial charge in [0, 0.05) is 19.7 Å². The maximum absolute atomic E-state index is 12.5. The predicted octanol–water partition coefficient (Wildman–Crippen LogP) is 1.91. The molecule has 5 heteroatoms. The molecular formula is C16H21NO4. The third-order valence-corrected chi connectivity index (χ3v) is 3.65. The van der Waals surface area contributed by atoms with Gasteiger partial charge < -0.3 is 14.7 Å². The van der Waals surface area contributed by atoms with Gasteiger partial charge in [-0.2, -0.15) is 0 Å². The SMILES string of the molecule is CC(CN(Cc1ccccc1)C(=O)C1CCCO1)C(=O)O. The molecular weight excluding hydrogens is 270 g/mol. The summed E-state index contributed by atoms with van der Waals surface area (Å²) in [6.45, 7) is 2.83. The van der Waals surface area contributed by atoms with Crippen LogP contribution in [-0.4, -0.2) is 41.1 Å². The number of carbonyl (C=O) groups excluding carboxylic acids is 1. The van der Waals surface area contributed by atoms with Crippen molar-refractivity contribution in [3.05, 3.63) is 35.9 Å². The summed E-state index contributed by atoms with van der Waals surface area (Å²) in [5.74, 6) is -1.60. The van der Waals surface area contributed by atoms with Crippen LogP contribution in [0.5, 0.6) is 0 Å². The minimum Gasteiger partial charge on any atom is -0.481 e. The van der Waals surface area contributed by atoms with E-state index in [1.54, 1.807) is 11.8 Å². The number of nitrogens with zero attached hydrogens (tertiary/aromatic N) is 1. The Labute approximate surface area is 124 Å². The van der Waals surface area contributed by atoms with Crippen molar-refractivity contribution in [2.75, 3.05) is 13.2 Å². The summed E-state index contributed by atoms with van der Waals surface area (Å²) in [4.78, 5) is 25.2. The van der Waals surface area contributed by atoms with E-state index in [1.807, 2.05) is 30.3 Å². The first kappa shape index (κ1) is 15.5. The number of carbonyl (C=O) groups is 2. The number of hydrogen-bond acceptors (Lipinski definition) is 3. The summed E-state index contributed by atoms with van der Waals surface area (Å²) in [6.07, 6.45) is 1.17. The van der Waals surface area contributed by atoms with Gasteiger partial charge in [-0.15, -0.1) is 0 Å². The Bertz CT molecular complexity index is 482. The topological polar surface area (TPSA) is 66.8 Å². The van der Waals surface area contributed by atoms with Gasteiger partial charge in [0.15, 0.2) is 0 Å². The lowest BCUT2D eigenvalue weighted by Crippen LogP contribution is -2.42. The fourth-order valence-corrected chi connectivity index (χ4v) is 2.42. The van der Waals surface area contributed by atoms with Crippen molar-refractivity contribution in [3.8, 4) is 0 Å². The zero-order valence-corrected chi connectivity index (χ0v) is 12.2. The van der Waals surface area contributed by atoms with E-state index in [1.165, 1.54) is 0 Å². The van der Waals surface area contributed by atoms with Crippen LogP contribution in [0, 0.1) is 5.92 Å². The molecule has 2 unspecified atom stereocenters. The third-order valence-electron chi connectivity index (χ3n) is 3.65. The van der Waals surface area contributed by atoms with Gasteiger partial charge in [0.2, 0.25) is 0 Å². The number of carboxylic acids is 1. The Morgan fingerprint density at radius 1 is 1.38 bits per heavy atom. The number of ether oxygens (including phenoxy) is 1. The molecule has 1 aliphatic heterocycles. The van der Waals surface area contributed by atoms with E-state index in [4.69, 9.17) is 9.84 Å². The van der Waals surface area contributed by atoms with E-state index < -0.39 is 18.0 Å². The summed E-state index contributed by atoms with van der Waals surface area (Å²) in [7, 11) is 0. The quantitative estimate of drug-likeness (QED) is 0.869. The van der Waals surface area contributed by atoms with Crippen LogP contribution in [0.25, 0.3) is 0 Å². The molecule has 1 aromatic rings. The molecule has 5 nitrogen and oxygen atoms in total. The van der Waals surface area contributed by atoms with E-state index in [9.17, 15) is 9.59 Å². The number of aliphatic carboxylic acids is 1. The molecule has 2 atom stereocenters. The van der Waals surface area contributed by atoms with Crippen molar-refractivity contribution >= 4 is 11.9 Å². The van der Waals surface area contributed by atoms with E-state index in [-0.39, 0.29) is 12.5 Å². The highest BCUT2D eigenvalue weighted by Gasteiger charge is 2.30. The Morgan fingerprint density at radius 3 is 2.67 bits per heavy atom. The smallest absolute Gasteiger partial charge is 0.308 e. The highest BCUT2D eigenvalue weighted by Crippen LogP contribution is 2.17. The maximum atomic E-state index is 12.5. The van der Waals surface area contributed by atoms with Crippen LogP contribution in [-0.2, 0) is 20.9 Å². The second-order valence-electron chi connectivity index (χ2n) is 5.45. The first-order chi connectivity index (χ1) is 10.1. The van der Waals surface area contributed by atoms with E-state index >= 15 is 0 Å². The van der Waals surface area contributed by atoms with Crippen LogP contribution < -0.4 is 0 Å². The van der Waals surface area contributed by atoms with Crippen molar-refractivity contribution in [2.24, 2.45) is 5.92 Å². The van der Waals surface area contributed by atoms with Gasteiger partial charge in [-0.25, -0.2) is 0 Å². The van der Waals surface area contributed by atoms with Gasteiger partial charge in [-0.05, 0) is 18.4 Å². The lowest BCUT2D eigenvalue weighted by Gasteiger charge is -2.27. The third kappa shape index (κ3) is 4.29. The van der Waals surface area contributed by atoms with Crippen molar-refractivity contribution in [2.45, 2.75) is 32.4 Å². The first-order valence-electron chi connectivity index (χ1n) is 7.25. The van der Waals surface area contributed by atoms with E-state index in [0.717, 1.165) is 12.0 Å². The Kier molecular flexibility index (Phi) is 5.33. The van der Waals surface area contributed by atoms with Gasteiger partial charge in [0.1, 0.15) is 6.10 Å². The highest BCUT2D eigenvalue weighted by molar-refractivity contribution is 5.82. The molecule has 1 aliphatic rings. The number of hydrogen-bond donors (Lipinski definition) is 1. The van der Waals surface area contributed by atoms with Crippen molar-refractivity contribution in [3.63, 3.8) is 0 Å². The molecule has 0 bridgehead atoms. The van der Waals surface area contributed by atoms with Gasteiger partial charge in [-0.1, -0.05) is 37.3 Å². The molecule has 2 rings (SSSR count). The molecule has 21 heavy (non-hydrogen) atoms. The van der Waals surface area contributed by atoms with Gasteiger partial charge >= 0.3 is 5.97 Å². The Balaban J connectivity index is 2.09. The summed E-state index contributed by atoms with van der Waals surface area (Å²) < 4.78 is 5.44. The van der Waals surface area contributed by atoms with Crippen LogP contribution in [0.3, 0.4) is 0 Å². The highest BCUT2D eigenvalue weighted by atomic mass is 16.5. The standard InChI is InChI=1S/C16H21NO4/c1-12(16(19)20)10-17(11-13-6-3-2-4-7-13)15(18)14-8-5-9-21-14/h2-4,6-7,12,14H,5,8-11H2,1H3,(H,19,20). The molecule has 0 radical (unpaired) electrons. The lowest BCUT2D eigenvalue weighted by atomic mass is 10.1. The number of rotatable bonds is 6. The van der Waals surface area contributed by atoms with Crippen molar-refractivity contribution < 1.29 is 19.4 Å². The first-order valence-corrected chi connectivity index (χ1v) is 7.25. The second-order valence-corrected chi connectivity index (χ2v) is 5.45. The van der Waals surface area contributed by atoms with E-state index in [2.05, 4.69) is 0 Å². The normalized spacial score (nSPS) is 19.2. The average molecular weight is 291 g/mol. The fraction of sp³-hybridized carbons (Fsp3) is 0.500. The number of carboxylic acid groups (broad SMARTS) is 1. The molecule has 1 N–H and O–H groups in total. The van der Waals surface area contributed by atoms with Crippen LogP contribution in [0.4, 0.5) is 0 Å². The summed E-state index contributed by atoms with van der Waals surface area (Å²) >= 11 is 0. The van der Waals surface area contributed by atoms with Gasteiger partial charge in [-0.3, -0.25) is 9.59 Å². The van der Waals surface area contributed by atoms with Gasteiger partial charge in [0.05, 0.1) is 5.92 Å². The Morgan fingerprint density at radius 2 is 2.10 bits per heavy atom. The molecule has 1 fully saturated rings. The molecule has 1 saturated heterocycles. The maximum Gasteiger partial charge on any atom is 0.308 e. The largest absolute Gasteiger partial charge is 0.481 e. The minimum atomic E-state index is -0.895. The number of amides is 1. The monoisotopic (exact) mass is 291 g/mol. The van der Waals surface area contributed by atoms with Crippen LogP contribution >= 0.6 is 0 Å². The Hall–Kier alpha value is -1.88. The summed E-state index contributed by atoms with van der Waals surface area (Å²) in [5.41, 5.74) is 0.987. The average Bonchev–Trinajstić information content (AvgIpc) is 3.01. The molecule has 1 heterocycles.